The molecule has 0 spiro atoms. The van der Waals surface area contributed by atoms with Gasteiger partial charge in [-0.3, -0.25) is 4.90 Å². The van der Waals surface area contributed by atoms with Crippen LogP contribution in [0, 0.1) is 0 Å². The lowest BCUT2D eigenvalue weighted by atomic mass is 9.89. The van der Waals surface area contributed by atoms with E-state index < -0.39 is 65.6 Å². The Bertz CT molecular complexity index is 1480. The molecule has 232 valence electrons. The van der Waals surface area contributed by atoms with Crippen LogP contribution in [-0.2, 0) is 29.8 Å². The third kappa shape index (κ3) is 6.70. The molecular formula is C30H26F9NO3. The Balaban J connectivity index is 1.81. The van der Waals surface area contributed by atoms with Gasteiger partial charge < -0.3 is 9.47 Å². The van der Waals surface area contributed by atoms with Gasteiger partial charge in [-0.05, 0) is 72.0 Å². The van der Waals surface area contributed by atoms with E-state index in [0.717, 1.165) is 22.6 Å². The fraction of sp³-hybridized carbons (Fsp3) is 0.367. The SMILES string of the molecule is COc1ccc(C(C)C)cc1-c1ccc(C(F)(F)F)cc1[C@H]1OC(=O)N(Cc2cc(C(F)(F)F)cc(C(F)(F)F)c2)C1C. The molecule has 1 fully saturated rings. The zero-order chi connectivity index (χ0) is 32.1. The monoisotopic (exact) mass is 619 g/mol. The van der Waals surface area contributed by atoms with Crippen molar-refractivity contribution in [1.82, 2.24) is 4.90 Å². The molecule has 1 aliphatic heterocycles. The number of methoxy groups -OCH3 is 1. The van der Waals surface area contributed by atoms with Crippen molar-refractivity contribution in [3.05, 3.63) is 88.0 Å². The Labute approximate surface area is 241 Å². The maximum Gasteiger partial charge on any atom is 0.416 e. The predicted molar refractivity (Wildman–Crippen MR) is 138 cm³/mol. The van der Waals surface area contributed by atoms with E-state index in [1.807, 2.05) is 13.8 Å². The Morgan fingerprint density at radius 2 is 1.37 bits per heavy atom. The number of nitrogens with zero attached hydrogens (tertiary/aromatic N) is 1. The molecule has 1 amide bonds. The predicted octanol–water partition coefficient (Wildman–Crippen LogP) is 9.62. The molecule has 0 radical (unpaired) electrons. The Kier molecular flexibility index (Phi) is 8.42. The molecule has 1 aliphatic rings. The van der Waals surface area contributed by atoms with Gasteiger partial charge in [0.25, 0.3) is 0 Å². The molecule has 43 heavy (non-hydrogen) atoms. The molecule has 0 N–H and O–H groups in total. The third-order valence-corrected chi connectivity index (χ3v) is 7.26. The van der Waals surface area contributed by atoms with E-state index in [4.69, 9.17) is 9.47 Å². The van der Waals surface area contributed by atoms with E-state index >= 15 is 0 Å². The van der Waals surface area contributed by atoms with E-state index in [1.165, 1.54) is 20.1 Å². The highest BCUT2D eigenvalue weighted by Gasteiger charge is 2.43. The van der Waals surface area contributed by atoms with Gasteiger partial charge in [-0.2, -0.15) is 39.5 Å². The normalized spacial score (nSPS) is 17.9. The third-order valence-electron chi connectivity index (χ3n) is 7.26. The molecule has 3 aromatic carbocycles. The van der Waals surface area contributed by atoms with Gasteiger partial charge in [0.15, 0.2) is 0 Å². The maximum absolute atomic E-state index is 13.8. The molecule has 1 unspecified atom stereocenters. The van der Waals surface area contributed by atoms with Crippen molar-refractivity contribution in [2.45, 2.75) is 63.9 Å². The number of carbonyl (C=O) groups is 1. The van der Waals surface area contributed by atoms with Crippen molar-refractivity contribution < 1.29 is 53.8 Å². The molecule has 2 atom stereocenters. The number of halogens is 9. The minimum Gasteiger partial charge on any atom is -0.496 e. The summed E-state index contributed by atoms with van der Waals surface area (Å²) in [5.74, 6) is 0.359. The van der Waals surface area contributed by atoms with Gasteiger partial charge in [0.1, 0.15) is 11.9 Å². The molecule has 1 saturated heterocycles. The number of amides is 1. The van der Waals surface area contributed by atoms with Crippen molar-refractivity contribution in [1.29, 1.82) is 0 Å². The van der Waals surface area contributed by atoms with E-state index in [9.17, 15) is 44.3 Å². The topological polar surface area (TPSA) is 38.8 Å². The van der Waals surface area contributed by atoms with Crippen LogP contribution in [0.4, 0.5) is 44.3 Å². The highest BCUT2D eigenvalue weighted by Crippen LogP contribution is 2.45. The second-order valence-electron chi connectivity index (χ2n) is 10.5. The van der Waals surface area contributed by atoms with Crippen LogP contribution in [0.1, 0.15) is 66.2 Å². The number of hydrogen-bond acceptors (Lipinski definition) is 3. The van der Waals surface area contributed by atoms with Gasteiger partial charge in [0.2, 0.25) is 0 Å². The fourth-order valence-corrected chi connectivity index (χ4v) is 4.96. The first kappa shape index (κ1) is 32.0. The highest BCUT2D eigenvalue weighted by atomic mass is 19.4. The first-order valence-corrected chi connectivity index (χ1v) is 13.0. The zero-order valence-corrected chi connectivity index (χ0v) is 23.2. The Hall–Kier alpha value is -3.90. The van der Waals surface area contributed by atoms with Crippen LogP contribution < -0.4 is 4.74 Å². The van der Waals surface area contributed by atoms with Crippen LogP contribution >= 0.6 is 0 Å². The molecule has 0 bridgehead atoms. The van der Waals surface area contributed by atoms with Crippen LogP contribution in [0.2, 0.25) is 0 Å². The lowest BCUT2D eigenvalue weighted by Gasteiger charge is -2.24. The summed E-state index contributed by atoms with van der Waals surface area (Å²) < 4.78 is 133. The fourth-order valence-electron chi connectivity index (χ4n) is 4.96. The van der Waals surface area contributed by atoms with Gasteiger partial charge in [-0.25, -0.2) is 4.79 Å². The molecule has 4 rings (SSSR count). The smallest absolute Gasteiger partial charge is 0.416 e. The average Bonchev–Trinajstić information content (AvgIpc) is 3.18. The molecule has 4 nitrogen and oxygen atoms in total. The van der Waals surface area contributed by atoms with E-state index in [-0.39, 0.29) is 23.1 Å². The van der Waals surface area contributed by atoms with Gasteiger partial charge in [-0.1, -0.05) is 26.0 Å². The number of cyclic esters (lactones) is 1. The average molecular weight is 620 g/mol. The number of carbonyl (C=O) groups excluding carboxylic acids is 1. The summed E-state index contributed by atoms with van der Waals surface area (Å²) >= 11 is 0. The summed E-state index contributed by atoms with van der Waals surface area (Å²) in [7, 11) is 1.38. The van der Waals surface area contributed by atoms with Crippen molar-refractivity contribution in [2.24, 2.45) is 0 Å². The Morgan fingerprint density at radius 1 is 0.791 bits per heavy atom. The quantitative estimate of drug-likeness (QED) is 0.258. The van der Waals surface area contributed by atoms with E-state index in [1.54, 1.807) is 18.2 Å². The van der Waals surface area contributed by atoms with Crippen molar-refractivity contribution in [3.8, 4) is 16.9 Å². The molecule has 1 heterocycles. The molecule has 0 saturated carbocycles. The lowest BCUT2D eigenvalue weighted by molar-refractivity contribution is -0.143. The molecule has 13 heteroatoms. The second kappa shape index (κ2) is 11.3. The lowest BCUT2D eigenvalue weighted by Crippen LogP contribution is -2.31. The molecular weight excluding hydrogens is 593 g/mol. The van der Waals surface area contributed by atoms with Crippen molar-refractivity contribution in [3.63, 3.8) is 0 Å². The summed E-state index contributed by atoms with van der Waals surface area (Å²) in [6.45, 7) is 4.50. The molecule has 0 aromatic heterocycles. The number of rotatable bonds is 6. The molecule has 0 aliphatic carbocycles. The van der Waals surface area contributed by atoms with Crippen LogP contribution in [0.3, 0.4) is 0 Å². The largest absolute Gasteiger partial charge is 0.496 e. The molecule has 3 aromatic rings. The first-order chi connectivity index (χ1) is 19.8. The van der Waals surface area contributed by atoms with Gasteiger partial charge >= 0.3 is 24.6 Å². The summed E-state index contributed by atoms with van der Waals surface area (Å²) in [4.78, 5) is 13.8. The van der Waals surface area contributed by atoms with Gasteiger partial charge in [0.05, 0.1) is 29.8 Å². The van der Waals surface area contributed by atoms with Crippen LogP contribution in [0.5, 0.6) is 5.75 Å². The van der Waals surface area contributed by atoms with Gasteiger partial charge in [0, 0.05) is 17.7 Å². The minimum absolute atomic E-state index is 0.0361. The minimum atomic E-state index is -5.10. The van der Waals surface area contributed by atoms with E-state index in [2.05, 4.69) is 0 Å². The summed E-state index contributed by atoms with van der Waals surface area (Å²) in [5, 5.41) is 0. The first-order valence-electron chi connectivity index (χ1n) is 13.0. The second-order valence-corrected chi connectivity index (χ2v) is 10.5. The maximum atomic E-state index is 13.8. The summed E-state index contributed by atoms with van der Waals surface area (Å²) in [6.07, 6.45) is -17.5. The van der Waals surface area contributed by atoms with Crippen LogP contribution in [0.25, 0.3) is 11.1 Å². The summed E-state index contributed by atoms with van der Waals surface area (Å²) in [5.41, 5.74) is -3.22. The standard InChI is InChI=1S/C30H26F9NO3/c1-15(2)18-5-8-25(42-4)23(11-18)22-7-6-19(28(31,32)33)13-24(22)26-16(3)40(27(41)43-26)14-17-9-20(29(34,35)36)12-21(10-17)30(37,38)39/h5-13,15-16,26H,14H2,1-4H3/t16?,26-/m0/s1. The van der Waals surface area contributed by atoms with Crippen LogP contribution in [0.15, 0.2) is 54.6 Å². The number of benzene rings is 3. The zero-order valence-electron chi connectivity index (χ0n) is 23.2. The number of ether oxygens (including phenoxy) is 2. The van der Waals surface area contributed by atoms with Crippen molar-refractivity contribution >= 4 is 6.09 Å². The number of hydrogen-bond donors (Lipinski definition) is 0. The van der Waals surface area contributed by atoms with E-state index in [0.29, 0.717) is 23.4 Å². The Morgan fingerprint density at radius 3 is 1.88 bits per heavy atom. The van der Waals surface area contributed by atoms with Crippen molar-refractivity contribution in [2.75, 3.05) is 7.11 Å². The van der Waals surface area contributed by atoms with Gasteiger partial charge in [-0.15, -0.1) is 0 Å². The highest BCUT2D eigenvalue weighted by molar-refractivity contribution is 5.77. The number of alkyl halides is 9. The summed E-state index contributed by atoms with van der Waals surface area (Å²) in [6, 6.07) is 7.92. The van der Waals surface area contributed by atoms with Crippen LogP contribution in [-0.4, -0.2) is 24.1 Å².